The Bertz CT molecular complexity index is 2030. The molecule has 0 aromatic heterocycles. The van der Waals surface area contributed by atoms with Gasteiger partial charge in [0.25, 0.3) is 21.6 Å². The van der Waals surface area contributed by atoms with Gasteiger partial charge >= 0.3 is 0 Å². The van der Waals surface area contributed by atoms with Crippen LogP contribution in [0.15, 0.2) is 108 Å². The highest BCUT2D eigenvalue weighted by Gasteiger charge is 2.30. The molecule has 12 heteroatoms. The maximum Gasteiger partial charge on any atom is 0.276 e. The third-order valence-electron chi connectivity index (χ3n) is 9.59. The van der Waals surface area contributed by atoms with Crippen LogP contribution in [0.25, 0.3) is 5.57 Å². The van der Waals surface area contributed by atoms with Crippen LogP contribution in [0.5, 0.6) is 5.75 Å². The van der Waals surface area contributed by atoms with Gasteiger partial charge < -0.3 is 9.64 Å². The molecule has 10 nitrogen and oxygen atoms in total. The van der Waals surface area contributed by atoms with Crippen LogP contribution < -0.4 is 14.4 Å². The summed E-state index contributed by atoms with van der Waals surface area (Å²) in [6, 6.07) is 27.2. The molecule has 51 heavy (non-hydrogen) atoms. The Morgan fingerprint density at radius 2 is 1.63 bits per heavy atom. The summed E-state index contributed by atoms with van der Waals surface area (Å²) in [6.07, 6.45) is 3.27. The number of benzene rings is 4. The molecule has 6 rings (SSSR count). The molecule has 0 unspecified atom stereocenters. The van der Waals surface area contributed by atoms with E-state index in [9.17, 15) is 23.3 Å². The zero-order valence-electron chi connectivity index (χ0n) is 28.7. The van der Waals surface area contributed by atoms with Gasteiger partial charge in [0.05, 0.1) is 15.4 Å². The molecule has 1 heterocycles. The summed E-state index contributed by atoms with van der Waals surface area (Å²) >= 11 is 6.18. The molecule has 2 aliphatic rings. The van der Waals surface area contributed by atoms with Crippen LogP contribution in [0, 0.1) is 15.5 Å². The monoisotopic (exact) mass is 728 g/mol. The van der Waals surface area contributed by atoms with Crippen molar-refractivity contribution < 1.29 is 22.9 Å². The van der Waals surface area contributed by atoms with Crippen LogP contribution in [0.1, 0.15) is 54.6 Å². The Balaban J connectivity index is 1.06. The minimum atomic E-state index is -4.24. The highest BCUT2D eigenvalue weighted by Crippen LogP contribution is 2.43. The van der Waals surface area contributed by atoms with E-state index in [1.54, 1.807) is 36.4 Å². The fourth-order valence-corrected chi connectivity index (χ4v) is 7.75. The number of carbonyl (C=O) groups is 1. The standard InChI is InChI=1S/C39H41ClN4O6S/c1-39(2)19-18-30(36(25-39)28-10-12-32(40)13-11-28)26-42-20-22-43(23-21-42)33-14-16-35(17-15-33)51(48,49)41-38(45)29-8-9-31(37(24-29)44(46)47)27-50-34-6-4-3-5-7-34/h3-17,24H,18-23,25-27H2,1-2H3,(H,41,45). The predicted octanol–water partition coefficient (Wildman–Crippen LogP) is 7.73. The van der Waals surface area contributed by atoms with Crippen LogP contribution in [-0.4, -0.2) is 56.9 Å². The molecule has 1 N–H and O–H groups in total. The highest BCUT2D eigenvalue weighted by atomic mass is 35.5. The van der Waals surface area contributed by atoms with Crippen molar-refractivity contribution in [1.82, 2.24) is 9.62 Å². The number of hydrogen-bond donors (Lipinski definition) is 1. The highest BCUT2D eigenvalue weighted by molar-refractivity contribution is 7.90. The average molecular weight is 729 g/mol. The summed E-state index contributed by atoms with van der Waals surface area (Å²) in [4.78, 5) is 28.7. The molecular formula is C39H41ClN4O6S. The number of halogens is 1. The lowest BCUT2D eigenvalue weighted by Crippen LogP contribution is -2.47. The Hall–Kier alpha value is -4.71. The smallest absolute Gasteiger partial charge is 0.276 e. The number of ether oxygens (including phenoxy) is 1. The maximum atomic E-state index is 13.1. The molecule has 0 saturated carbocycles. The van der Waals surface area contributed by atoms with Gasteiger partial charge in [0, 0.05) is 55.1 Å². The molecule has 4 aromatic carbocycles. The van der Waals surface area contributed by atoms with Crippen LogP contribution in [0.2, 0.25) is 5.02 Å². The summed E-state index contributed by atoms with van der Waals surface area (Å²) in [7, 11) is -4.24. The summed E-state index contributed by atoms with van der Waals surface area (Å²) in [5.74, 6) is -0.432. The first kappa shape index (κ1) is 36.1. The van der Waals surface area contributed by atoms with Crippen molar-refractivity contribution >= 4 is 44.5 Å². The number of rotatable bonds is 11. The van der Waals surface area contributed by atoms with E-state index < -0.39 is 20.9 Å². The second kappa shape index (κ2) is 15.3. The Kier molecular flexibility index (Phi) is 10.8. The SMILES string of the molecule is CC1(C)CCC(CN2CCN(c3ccc(S(=O)(=O)NC(=O)c4ccc(COc5ccccc5)c([N+](=O)[O-])c4)cc3)CC2)=C(c2ccc(Cl)cc2)C1. The van der Waals surface area contributed by atoms with Gasteiger partial charge in [-0.25, -0.2) is 13.1 Å². The molecule has 266 valence electrons. The largest absolute Gasteiger partial charge is 0.489 e. The molecular weight excluding hydrogens is 688 g/mol. The van der Waals surface area contributed by atoms with Gasteiger partial charge in [-0.3, -0.25) is 19.8 Å². The normalized spacial score (nSPS) is 16.5. The summed E-state index contributed by atoms with van der Waals surface area (Å²) in [5, 5.41) is 12.5. The van der Waals surface area contributed by atoms with Gasteiger partial charge in [-0.15, -0.1) is 0 Å². The second-order valence-corrected chi connectivity index (χ2v) is 15.9. The van der Waals surface area contributed by atoms with Crippen molar-refractivity contribution in [3.8, 4) is 5.75 Å². The number of amides is 1. The van der Waals surface area contributed by atoms with Crippen LogP contribution in [0.3, 0.4) is 0 Å². The number of allylic oxidation sites excluding steroid dienone is 1. The Labute approximate surface area is 303 Å². The van der Waals surface area contributed by atoms with Gasteiger partial charge in [-0.05, 0) is 96.5 Å². The van der Waals surface area contributed by atoms with E-state index in [2.05, 4.69) is 35.8 Å². The van der Waals surface area contributed by atoms with Gasteiger partial charge in [-0.1, -0.05) is 61.4 Å². The quantitative estimate of drug-likeness (QED) is 0.123. The van der Waals surface area contributed by atoms with E-state index in [0.717, 1.165) is 68.8 Å². The lowest BCUT2D eigenvalue weighted by atomic mass is 9.72. The van der Waals surface area contributed by atoms with E-state index in [4.69, 9.17) is 16.3 Å². The topological polar surface area (TPSA) is 122 Å². The zero-order chi connectivity index (χ0) is 36.2. The van der Waals surface area contributed by atoms with E-state index in [-0.39, 0.29) is 33.7 Å². The number of nitro benzene ring substituents is 1. The van der Waals surface area contributed by atoms with Gasteiger partial charge in [0.15, 0.2) is 0 Å². The summed E-state index contributed by atoms with van der Waals surface area (Å²) < 4.78 is 34.0. The molecule has 4 aromatic rings. The third-order valence-corrected chi connectivity index (χ3v) is 11.2. The molecule has 0 atom stereocenters. The molecule has 0 spiro atoms. The van der Waals surface area contributed by atoms with E-state index in [1.165, 1.54) is 41.0 Å². The lowest BCUT2D eigenvalue weighted by Gasteiger charge is -2.39. The number of sulfonamides is 1. The number of piperazine rings is 1. The Morgan fingerprint density at radius 3 is 2.29 bits per heavy atom. The zero-order valence-corrected chi connectivity index (χ0v) is 30.3. The molecule has 0 bridgehead atoms. The average Bonchev–Trinajstić information content (AvgIpc) is 3.12. The number of anilines is 1. The molecule has 1 aliphatic heterocycles. The van der Waals surface area contributed by atoms with Gasteiger partial charge in [0.1, 0.15) is 12.4 Å². The van der Waals surface area contributed by atoms with Crippen LogP contribution >= 0.6 is 11.6 Å². The first-order valence-electron chi connectivity index (χ1n) is 16.9. The number of nitrogens with one attached hydrogen (secondary N) is 1. The van der Waals surface area contributed by atoms with Gasteiger partial charge in [-0.2, -0.15) is 0 Å². The van der Waals surface area contributed by atoms with Gasteiger partial charge in [0.2, 0.25) is 0 Å². The fourth-order valence-electron chi connectivity index (χ4n) is 6.65. The number of nitrogens with zero attached hydrogens (tertiary/aromatic N) is 3. The minimum absolute atomic E-state index is 0.0810. The fraction of sp³-hybridized carbons (Fsp3) is 0.308. The van der Waals surface area contributed by atoms with Crippen LogP contribution in [0.4, 0.5) is 11.4 Å². The molecule has 1 saturated heterocycles. The number of carbonyl (C=O) groups excluding carboxylic acids is 1. The maximum absolute atomic E-state index is 13.1. The van der Waals surface area contributed by atoms with Crippen molar-refractivity contribution in [2.45, 2.75) is 44.6 Å². The number of para-hydroxylation sites is 1. The third kappa shape index (κ3) is 8.97. The van der Waals surface area contributed by atoms with Crippen molar-refractivity contribution in [2.75, 3.05) is 37.6 Å². The van der Waals surface area contributed by atoms with Crippen molar-refractivity contribution in [3.63, 3.8) is 0 Å². The minimum Gasteiger partial charge on any atom is -0.489 e. The second-order valence-electron chi connectivity index (χ2n) is 13.8. The number of hydrogen-bond acceptors (Lipinski definition) is 8. The first-order valence-corrected chi connectivity index (χ1v) is 18.8. The predicted molar refractivity (Wildman–Crippen MR) is 200 cm³/mol. The number of nitro groups is 1. The van der Waals surface area contributed by atoms with Crippen molar-refractivity contribution in [1.29, 1.82) is 0 Å². The van der Waals surface area contributed by atoms with Crippen molar-refractivity contribution in [2.24, 2.45) is 5.41 Å². The van der Waals surface area contributed by atoms with E-state index >= 15 is 0 Å². The van der Waals surface area contributed by atoms with Crippen molar-refractivity contribution in [3.05, 3.63) is 134 Å². The van der Waals surface area contributed by atoms with E-state index in [0.29, 0.717) is 5.75 Å². The van der Waals surface area contributed by atoms with Crippen LogP contribution in [-0.2, 0) is 16.6 Å². The van der Waals surface area contributed by atoms with E-state index in [1.807, 2.05) is 22.9 Å². The first-order chi connectivity index (χ1) is 24.4. The summed E-state index contributed by atoms with van der Waals surface area (Å²) in [6.45, 7) is 8.84. The molecule has 1 amide bonds. The lowest BCUT2D eigenvalue weighted by molar-refractivity contribution is -0.385. The Morgan fingerprint density at radius 1 is 0.941 bits per heavy atom. The molecule has 0 radical (unpaired) electrons. The summed E-state index contributed by atoms with van der Waals surface area (Å²) in [5.41, 5.74) is 5.06. The molecule has 1 aliphatic carbocycles. The molecule has 1 fully saturated rings.